The zero-order valence-corrected chi connectivity index (χ0v) is 10.5. The van der Waals surface area contributed by atoms with Crippen LogP contribution in [0.3, 0.4) is 0 Å². The second kappa shape index (κ2) is 5.22. The molecular formula is C12H17N3O3. The normalized spacial score (nSPS) is 19.7. The van der Waals surface area contributed by atoms with Crippen LogP contribution in [0.1, 0.15) is 6.92 Å². The van der Waals surface area contributed by atoms with Crippen molar-refractivity contribution in [3.8, 4) is 5.75 Å². The fourth-order valence-corrected chi connectivity index (χ4v) is 2.19. The lowest BCUT2D eigenvalue weighted by molar-refractivity contribution is -0.384. The first kappa shape index (κ1) is 12.6. The van der Waals surface area contributed by atoms with Gasteiger partial charge in [-0.1, -0.05) is 0 Å². The Morgan fingerprint density at radius 3 is 2.94 bits per heavy atom. The predicted molar refractivity (Wildman–Crippen MR) is 69.3 cm³/mol. The lowest BCUT2D eigenvalue weighted by atomic mass is 10.1. The number of nitrogens with one attached hydrogen (secondary N) is 1. The molecule has 6 nitrogen and oxygen atoms in total. The molecule has 0 spiro atoms. The number of benzene rings is 1. The number of hydrogen-bond acceptors (Lipinski definition) is 5. The molecule has 1 fully saturated rings. The predicted octanol–water partition coefficient (Wildman–Crippen LogP) is 1.40. The minimum absolute atomic E-state index is 0.130. The van der Waals surface area contributed by atoms with Gasteiger partial charge in [0.15, 0.2) is 0 Å². The second-order valence-corrected chi connectivity index (χ2v) is 4.41. The molecule has 1 atom stereocenters. The van der Waals surface area contributed by atoms with Crippen LogP contribution in [-0.4, -0.2) is 37.7 Å². The van der Waals surface area contributed by atoms with Gasteiger partial charge in [-0.3, -0.25) is 10.1 Å². The van der Waals surface area contributed by atoms with Crippen LogP contribution in [0, 0.1) is 10.1 Å². The molecule has 1 N–H and O–H groups in total. The van der Waals surface area contributed by atoms with E-state index in [1.54, 1.807) is 19.2 Å². The van der Waals surface area contributed by atoms with Crippen molar-refractivity contribution in [1.29, 1.82) is 0 Å². The van der Waals surface area contributed by atoms with E-state index in [0.29, 0.717) is 17.5 Å². The number of nitro benzene ring substituents is 1. The summed E-state index contributed by atoms with van der Waals surface area (Å²) in [6.45, 7) is 4.42. The Balaban J connectivity index is 2.36. The third-order valence-electron chi connectivity index (χ3n) is 3.09. The van der Waals surface area contributed by atoms with Crippen molar-refractivity contribution in [3.63, 3.8) is 0 Å². The van der Waals surface area contributed by atoms with Crippen molar-refractivity contribution in [2.24, 2.45) is 0 Å². The molecule has 0 unspecified atom stereocenters. The standard InChI is InChI=1S/C12H17N3O3/c1-9-8-14(6-5-13-9)12-7-10(18-2)3-4-11(12)15(16)17/h3-4,7,9,13H,5-6,8H2,1-2H3/t9-/m1/s1. The van der Waals surface area contributed by atoms with Crippen molar-refractivity contribution in [3.05, 3.63) is 28.3 Å². The molecule has 1 aliphatic heterocycles. The molecule has 0 aliphatic carbocycles. The zero-order chi connectivity index (χ0) is 13.1. The van der Waals surface area contributed by atoms with E-state index >= 15 is 0 Å². The van der Waals surface area contributed by atoms with E-state index in [1.807, 2.05) is 4.90 Å². The van der Waals surface area contributed by atoms with Crippen LogP contribution in [0.4, 0.5) is 11.4 Å². The van der Waals surface area contributed by atoms with Gasteiger partial charge in [-0.2, -0.15) is 0 Å². The first-order chi connectivity index (χ1) is 8.61. The lowest BCUT2D eigenvalue weighted by Crippen LogP contribution is -2.49. The van der Waals surface area contributed by atoms with Gasteiger partial charge in [0.2, 0.25) is 0 Å². The van der Waals surface area contributed by atoms with Crippen LogP contribution < -0.4 is 15.0 Å². The maximum absolute atomic E-state index is 11.1. The molecule has 0 aromatic heterocycles. The van der Waals surface area contributed by atoms with Gasteiger partial charge >= 0.3 is 0 Å². The lowest BCUT2D eigenvalue weighted by Gasteiger charge is -2.33. The summed E-state index contributed by atoms with van der Waals surface area (Å²) < 4.78 is 5.14. The third-order valence-corrected chi connectivity index (χ3v) is 3.09. The Kier molecular flexibility index (Phi) is 3.66. The Bertz CT molecular complexity index is 450. The molecule has 2 rings (SSSR count). The number of nitro groups is 1. The summed E-state index contributed by atoms with van der Waals surface area (Å²) in [5.41, 5.74) is 0.762. The fraction of sp³-hybridized carbons (Fsp3) is 0.500. The molecule has 1 saturated heterocycles. The van der Waals surface area contributed by atoms with Gasteiger partial charge in [-0.05, 0) is 13.0 Å². The highest BCUT2D eigenvalue weighted by atomic mass is 16.6. The SMILES string of the molecule is COc1ccc([N+](=O)[O-])c(N2CCN[C@H](C)C2)c1. The van der Waals surface area contributed by atoms with E-state index in [0.717, 1.165) is 19.6 Å². The first-order valence-electron chi connectivity index (χ1n) is 5.92. The number of hydrogen-bond donors (Lipinski definition) is 1. The number of anilines is 1. The molecule has 0 amide bonds. The summed E-state index contributed by atoms with van der Waals surface area (Å²) in [4.78, 5) is 12.8. The van der Waals surface area contributed by atoms with Gasteiger partial charge in [-0.15, -0.1) is 0 Å². The van der Waals surface area contributed by atoms with Crippen LogP contribution in [-0.2, 0) is 0 Å². The molecular weight excluding hydrogens is 234 g/mol. The first-order valence-corrected chi connectivity index (χ1v) is 5.92. The summed E-state index contributed by atoms with van der Waals surface area (Å²) in [7, 11) is 1.56. The van der Waals surface area contributed by atoms with E-state index < -0.39 is 0 Å². The van der Waals surface area contributed by atoms with Crippen molar-refractivity contribution in [1.82, 2.24) is 5.32 Å². The molecule has 98 valence electrons. The van der Waals surface area contributed by atoms with Gasteiger partial charge in [0, 0.05) is 37.8 Å². The average molecular weight is 251 g/mol. The van der Waals surface area contributed by atoms with E-state index in [1.165, 1.54) is 6.07 Å². The van der Waals surface area contributed by atoms with E-state index in [4.69, 9.17) is 4.74 Å². The average Bonchev–Trinajstić information content (AvgIpc) is 2.38. The Morgan fingerprint density at radius 1 is 1.56 bits per heavy atom. The van der Waals surface area contributed by atoms with Crippen LogP contribution in [0.2, 0.25) is 0 Å². The number of nitrogens with zero attached hydrogens (tertiary/aromatic N) is 2. The van der Waals surface area contributed by atoms with Crippen LogP contribution in [0.15, 0.2) is 18.2 Å². The molecule has 1 aromatic carbocycles. The van der Waals surface area contributed by atoms with Crippen LogP contribution in [0.5, 0.6) is 5.75 Å². The largest absolute Gasteiger partial charge is 0.497 e. The molecule has 18 heavy (non-hydrogen) atoms. The summed E-state index contributed by atoms with van der Waals surface area (Å²) >= 11 is 0. The highest BCUT2D eigenvalue weighted by molar-refractivity contribution is 5.66. The highest BCUT2D eigenvalue weighted by Crippen LogP contribution is 2.32. The Hall–Kier alpha value is -1.82. The molecule has 0 saturated carbocycles. The highest BCUT2D eigenvalue weighted by Gasteiger charge is 2.23. The monoisotopic (exact) mass is 251 g/mol. The van der Waals surface area contributed by atoms with E-state index in [9.17, 15) is 10.1 Å². The van der Waals surface area contributed by atoms with Crippen molar-refractivity contribution in [2.75, 3.05) is 31.6 Å². The van der Waals surface area contributed by atoms with Gasteiger partial charge in [-0.25, -0.2) is 0 Å². The molecule has 0 bridgehead atoms. The van der Waals surface area contributed by atoms with Crippen LogP contribution >= 0.6 is 0 Å². The van der Waals surface area contributed by atoms with E-state index in [-0.39, 0.29) is 10.6 Å². The molecule has 0 radical (unpaired) electrons. The quantitative estimate of drug-likeness (QED) is 0.649. The van der Waals surface area contributed by atoms with Gasteiger partial charge in [0.05, 0.1) is 12.0 Å². The Labute approximate surface area is 106 Å². The smallest absolute Gasteiger partial charge is 0.292 e. The number of ether oxygens (including phenoxy) is 1. The molecule has 1 aliphatic rings. The van der Waals surface area contributed by atoms with Crippen LogP contribution in [0.25, 0.3) is 0 Å². The van der Waals surface area contributed by atoms with Crippen molar-refractivity contribution < 1.29 is 9.66 Å². The topological polar surface area (TPSA) is 67.6 Å². The van der Waals surface area contributed by atoms with Crippen molar-refractivity contribution in [2.45, 2.75) is 13.0 Å². The number of methoxy groups -OCH3 is 1. The number of rotatable bonds is 3. The maximum atomic E-state index is 11.1. The fourth-order valence-electron chi connectivity index (χ4n) is 2.19. The summed E-state index contributed by atoms with van der Waals surface area (Å²) in [6.07, 6.45) is 0. The van der Waals surface area contributed by atoms with Gasteiger partial charge < -0.3 is 15.0 Å². The van der Waals surface area contributed by atoms with Crippen molar-refractivity contribution >= 4 is 11.4 Å². The summed E-state index contributed by atoms with van der Waals surface area (Å²) in [5, 5.41) is 14.4. The third kappa shape index (κ3) is 2.53. The molecule has 6 heteroatoms. The minimum Gasteiger partial charge on any atom is -0.497 e. The summed E-state index contributed by atoms with van der Waals surface area (Å²) in [5.74, 6) is 0.641. The molecule has 1 heterocycles. The van der Waals surface area contributed by atoms with Gasteiger partial charge in [0.1, 0.15) is 11.4 Å². The second-order valence-electron chi connectivity index (χ2n) is 4.41. The number of piperazine rings is 1. The Morgan fingerprint density at radius 2 is 2.33 bits per heavy atom. The van der Waals surface area contributed by atoms with E-state index in [2.05, 4.69) is 12.2 Å². The summed E-state index contributed by atoms with van der Waals surface area (Å²) in [6, 6.07) is 5.18. The minimum atomic E-state index is -0.346. The van der Waals surface area contributed by atoms with Gasteiger partial charge in [0.25, 0.3) is 5.69 Å². The maximum Gasteiger partial charge on any atom is 0.292 e. The molecule has 1 aromatic rings. The zero-order valence-electron chi connectivity index (χ0n) is 10.5.